The molecule has 0 unspecified atom stereocenters. The van der Waals surface area contributed by atoms with Crippen LogP contribution in [0.25, 0.3) is 10.9 Å². The number of carboxylic acid groups (broad SMARTS) is 1. The van der Waals surface area contributed by atoms with Gasteiger partial charge < -0.3 is 19.5 Å². The third-order valence-corrected chi connectivity index (χ3v) is 5.92. The fourth-order valence-corrected chi connectivity index (χ4v) is 4.22. The fraction of sp³-hybridized carbons (Fsp3) is 0.348. The van der Waals surface area contributed by atoms with Gasteiger partial charge in [-0.3, -0.25) is 9.48 Å². The molecule has 0 radical (unpaired) electrons. The molecule has 32 heavy (non-hydrogen) atoms. The monoisotopic (exact) mass is 501 g/mol. The van der Waals surface area contributed by atoms with E-state index in [9.17, 15) is 9.59 Å². The van der Waals surface area contributed by atoms with Crippen LogP contribution in [0.2, 0.25) is 0 Å². The van der Waals surface area contributed by atoms with E-state index in [0.29, 0.717) is 32.0 Å². The highest BCUT2D eigenvalue weighted by atomic mass is 79.9. The fourth-order valence-electron chi connectivity index (χ4n) is 3.85. The van der Waals surface area contributed by atoms with Crippen molar-refractivity contribution in [3.63, 3.8) is 0 Å². The summed E-state index contributed by atoms with van der Waals surface area (Å²) in [5.74, 6) is 0.560. The first-order valence-corrected chi connectivity index (χ1v) is 11.2. The van der Waals surface area contributed by atoms with Crippen LogP contribution in [0.3, 0.4) is 0 Å². The van der Waals surface area contributed by atoms with Gasteiger partial charge in [-0.25, -0.2) is 4.79 Å². The lowest BCUT2D eigenvalue weighted by Gasteiger charge is -2.36. The van der Waals surface area contributed by atoms with E-state index in [2.05, 4.69) is 15.9 Å². The molecule has 1 aliphatic heterocycles. The lowest BCUT2D eigenvalue weighted by Crippen LogP contribution is -2.50. The Kier molecular flexibility index (Phi) is 6.64. The third-order valence-electron chi connectivity index (χ3n) is 5.42. The summed E-state index contributed by atoms with van der Waals surface area (Å²) in [4.78, 5) is 24.4. The number of hydrogen-bond acceptors (Lipinski definition) is 5. The number of hydrogen-bond donors (Lipinski definition) is 1. The zero-order chi connectivity index (χ0) is 22.7. The lowest BCUT2D eigenvalue weighted by atomic mass is 10.0. The number of carbonyl (C=O) groups is 2. The molecular formula is C23H24BrN3O5. The molecular weight excluding hydrogens is 478 g/mol. The van der Waals surface area contributed by atoms with Gasteiger partial charge in [-0.05, 0) is 31.2 Å². The number of ether oxygens (including phenoxy) is 2. The van der Waals surface area contributed by atoms with Crippen molar-refractivity contribution in [1.29, 1.82) is 0 Å². The Labute approximate surface area is 193 Å². The van der Waals surface area contributed by atoms with Crippen molar-refractivity contribution in [3.05, 3.63) is 58.2 Å². The maximum Gasteiger partial charge on any atom is 0.407 e. The van der Waals surface area contributed by atoms with Gasteiger partial charge >= 0.3 is 12.1 Å². The number of esters is 1. The summed E-state index contributed by atoms with van der Waals surface area (Å²) in [5.41, 5.74) is 2.51. The second-order valence-corrected chi connectivity index (χ2v) is 8.64. The average molecular weight is 502 g/mol. The molecule has 3 aromatic rings. The molecule has 0 atom stereocenters. The molecule has 0 spiro atoms. The highest BCUT2D eigenvalue weighted by Crippen LogP contribution is 2.27. The van der Waals surface area contributed by atoms with Gasteiger partial charge in [0, 0.05) is 41.0 Å². The highest BCUT2D eigenvalue weighted by Gasteiger charge is 2.31. The van der Waals surface area contributed by atoms with Crippen LogP contribution >= 0.6 is 15.9 Å². The van der Waals surface area contributed by atoms with E-state index in [-0.39, 0.29) is 24.9 Å². The molecule has 4 rings (SSSR count). The standard InChI is InChI=1S/C23H24BrN3O5/c1-2-31-22(28)9-16-5-3-4-6-21(16)32-14-19-18-10-17(24)7-8-20(18)27(25-19)13-15-11-26(12-15)23(29)30/h3-8,10,15H,2,9,11-14H2,1H3,(H,29,30). The second-order valence-electron chi connectivity index (χ2n) is 7.72. The number of aromatic nitrogens is 2. The van der Waals surface area contributed by atoms with E-state index in [0.717, 1.165) is 26.6 Å². The van der Waals surface area contributed by atoms with Gasteiger partial charge in [0.05, 0.1) is 18.5 Å². The predicted octanol–water partition coefficient (Wildman–Crippen LogP) is 4.09. The van der Waals surface area contributed by atoms with Crippen LogP contribution in [-0.4, -0.2) is 51.5 Å². The maximum absolute atomic E-state index is 11.9. The van der Waals surface area contributed by atoms with E-state index >= 15 is 0 Å². The van der Waals surface area contributed by atoms with E-state index in [1.54, 1.807) is 6.92 Å². The number of likely N-dealkylation sites (tertiary alicyclic amines) is 1. The van der Waals surface area contributed by atoms with Gasteiger partial charge in [-0.2, -0.15) is 5.10 Å². The number of halogens is 1. The SMILES string of the molecule is CCOC(=O)Cc1ccccc1OCc1nn(CC2CN(C(=O)O)C2)c2ccc(Br)cc12. The first kappa shape index (κ1) is 22.1. The first-order valence-electron chi connectivity index (χ1n) is 10.4. The Morgan fingerprint density at radius 1 is 1.22 bits per heavy atom. The highest BCUT2D eigenvalue weighted by molar-refractivity contribution is 9.10. The van der Waals surface area contributed by atoms with E-state index in [1.807, 2.05) is 47.1 Å². The van der Waals surface area contributed by atoms with Crippen molar-refractivity contribution in [2.24, 2.45) is 5.92 Å². The lowest BCUT2D eigenvalue weighted by molar-refractivity contribution is -0.142. The maximum atomic E-state index is 11.9. The molecule has 1 amide bonds. The summed E-state index contributed by atoms with van der Waals surface area (Å²) in [6.45, 7) is 4.03. The first-order chi connectivity index (χ1) is 15.4. The molecule has 1 aliphatic rings. The number of rotatable bonds is 8. The molecule has 0 bridgehead atoms. The minimum Gasteiger partial charge on any atom is -0.487 e. The molecule has 8 nitrogen and oxygen atoms in total. The quantitative estimate of drug-likeness (QED) is 0.467. The molecule has 0 saturated carbocycles. The van der Waals surface area contributed by atoms with Gasteiger partial charge in [0.1, 0.15) is 18.1 Å². The summed E-state index contributed by atoms with van der Waals surface area (Å²) in [5, 5.41) is 14.8. The zero-order valence-corrected chi connectivity index (χ0v) is 19.2. The number of amides is 1. The molecule has 1 fully saturated rings. The Bertz CT molecular complexity index is 1140. The minimum absolute atomic E-state index is 0.145. The summed E-state index contributed by atoms with van der Waals surface area (Å²) >= 11 is 3.52. The zero-order valence-electron chi connectivity index (χ0n) is 17.7. The molecule has 0 aliphatic carbocycles. The van der Waals surface area contributed by atoms with Gasteiger partial charge in [0.2, 0.25) is 0 Å². The molecule has 2 heterocycles. The van der Waals surface area contributed by atoms with Crippen LogP contribution in [0.15, 0.2) is 46.9 Å². The van der Waals surface area contributed by atoms with Crippen molar-refractivity contribution in [1.82, 2.24) is 14.7 Å². The van der Waals surface area contributed by atoms with E-state index in [4.69, 9.17) is 19.7 Å². The third kappa shape index (κ3) is 4.88. The molecule has 168 valence electrons. The minimum atomic E-state index is -0.883. The number of carbonyl (C=O) groups excluding carboxylic acids is 1. The molecule has 1 aromatic heterocycles. The predicted molar refractivity (Wildman–Crippen MR) is 122 cm³/mol. The number of benzene rings is 2. The van der Waals surface area contributed by atoms with Crippen LogP contribution in [0.1, 0.15) is 18.2 Å². The van der Waals surface area contributed by atoms with Crippen molar-refractivity contribution in [3.8, 4) is 5.75 Å². The topological polar surface area (TPSA) is 93.9 Å². The molecule has 9 heteroatoms. The van der Waals surface area contributed by atoms with Gasteiger partial charge in [-0.1, -0.05) is 34.1 Å². The number of fused-ring (bicyclic) bond motifs is 1. The van der Waals surface area contributed by atoms with Gasteiger partial charge in [-0.15, -0.1) is 0 Å². The molecule has 1 saturated heterocycles. The average Bonchev–Trinajstić information content (AvgIpc) is 3.06. The van der Waals surface area contributed by atoms with Crippen LogP contribution in [-0.2, 0) is 29.1 Å². The Hall–Kier alpha value is -3.07. The normalized spacial score (nSPS) is 13.8. The van der Waals surface area contributed by atoms with Crippen LogP contribution in [0.4, 0.5) is 4.79 Å². The molecule has 2 aromatic carbocycles. The van der Waals surface area contributed by atoms with Crippen molar-refractivity contribution < 1.29 is 24.2 Å². The number of para-hydroxylation sites is 1. The van der Waals surface area contributed by atoms with Crippen molar-refractivity contribution >= 4 is 38.9 Å². The molecule has 1 N–H and O–H groups in total. The van der Waals surface area contributed by atoms with Crippen LogP contribution in [0, 0.1) is 5.92 Å². The summed E-state index contributed by atoms with van der Waals surface area (Å²) < 4.78 is 14.0. The van der Waals surface area contributed by atoms with Crippen molar-refractivity contribution in [2.75, 3.05) is 19.7 Å². The van der Waals surface area contributed by atoms with Gasteiger partial charge in [0.25, 0.3) is 0 Å². The Morgan fingerprint density at radius 2 is 2.00 bits per heavy atom. The number of nitrogens with zero attached hydrogens (tertiary/aromatic N) is 3. The summed E-state index contributed by atoms with van der Waals surface area (Å²) in [7, 11) is 0. The summed E-state index contributed by atoms with van der Waals surface area (Å²) in [6, 6.07) is 13.4. The van der Waals surface area contributed by atoms with E-state index in [1.165, 1.54) is 4.90 Å². The van der Waals surface area contributed by atoms with Gasteiger partial charge in [0.15, 0.2) is 0 Å². The van der Waals surface area contributed by atoms with Crippen LogP contribution in [0.5, 0.6) is 5.75 Å². The Morgan fingerprint density at radius 3 is 2.75 bits per heavy atom. The smallest absolute Gasteiger partial charge is 0.407 e. The largest absolute Gasteiger partial charge is 0.487 e. The van der Waals surface area contributed by atoms with Crippen LogP contribution < -0.4 is 4.74 Å². The summed E-state index contributed by atoms with van der Waals surface area (Å²) in [6.07, 6.45) is -0.738. The van der Waals surface area contributed by atoms with Crippen molar-refractivity contribution in [2.45, 2.75) is 26.5 Å². The Balaban J connectivity index is 1.52. The van der Waals surface area contributed by atoms with E-state index < -0.39 is 6.09 Å². The second kappa shape index (κ2) is 9.60.